The molecule has 0 aliphatic carbocycles. The minimum absolute atomic E-state index is 0.0984. The number of methoxy groups -OCH3 is 1. The first-order valence-corrected chi connectivity index (χ1v) is 9.79. The van der Waals surface area contributed by atoms with Crippen LogP contribution in [0, 0.1) is 16.0 Å². The van der Waals surface area contributed by atoms with Crippen LogP contribution < -0.4 is 10.1 Å². The molecule has 0 radical (unpaired) electrons. The fourth-order valence-electron chi connectivity index (χ4n) is 3.33. The van der Waals surface area contributed by atoms with E-state index < -0.39 is 11.8 Å². The van der Waals surface area contributed by atoms with Gasteiger partial charge in [-0.3, -0.25) is 10.1 Å². The van der Waals surface area contributed by atoms with Crippen molar-refractivity contribution in [3.05, 3.63) is 33.9 Å². The number of hydroxylamine groups is 2. The molecule has 0 aromatic heterocycles. The molecule has 0 bridgehead atoms. The molecule has 162 valence electrons. The zero-order valence-corrected chi connectivity index (χ0v) is 17.8. The van der Waals surface area contributed by atoms with Gasteiger partial charge in [0.25, 0.3) is 5.69 Å². The molecule has 0 saturated carbocycles. The molecule has 1 N–H and O–H groups in total. The number of hydrogen-bond donors (Lipinski definition) is 1. The molecule has 0 amide bonds. The normalized spacial score (nSPS) is 20.2. The Kier molecular flexibility index (Phi) is 7.80. The van der Waals surface area contributed by atoms with Crippen LogP contribution in [0.3, 0.4) is 0 Å². The summed E-state index contributed by atoms with van der Waals surface area (Å²) < 4.78 is 10.4. The molecule has 2 unspecified atom stereocenters. The predicted molar refractivity (Wildman–Crippen MR) is 108 cm³/mol. The Labute approximate surface area is 171 Å². The molecule has 2 rings (SSSR count). The van der Waals surface area contributed by atoms with E-state index in [1.54, 1.807) is 38.0 Å². The third kappa shape index (κ3) is 7.17. The lowest BCUT2D eigenvalue weighted by molar-refractivity contribution is -0.385. The molecule has 9 heteroatoms. The van der Waals surface area contributed by atoms with Gasteiger partial charge in [-0.15, -0.1) is 5.06 Å². The highest BCUT2D eigenvalue weighted by molar-refractivity contribution is 5.60. The van der Waals surface area contributed by atoms with Crippen LogP contribution in [0.2, 0.25) is 0 Å². The number of carbonyl (C=O) groups is 1. The number of rotatable bonds is 7. The van der Waals surface area contributed by atoms with Crippen molar-refractivity contribution in [1.82, 2.24) is 10.4 Å². The van der Waals surface area contributed by atoms with Crippen LogP contribution in [0.25, 0.3) is 0 Å². The highest BCUT2D eigenvalue weighted by atomic mass is 16.8. The van der Waals surface area contributed by atoms with Crippen LogP contribution in [-0.2, 0) is 16.0 Å². The summed E-state index contributed by atoms with van der Waals surface area (Å²) in [4.78, 5) is 28.0. The zero-order chi connectivity index (χ0) is 21.6. The summed E-state index contributed by atoms with van der Waals surface area (Å²) in [6.07, 6.45) is 0.625. The molecular weight excluding hydrogens is 378 g/mol. The lowest BCUT2D eigenvalue weighted by Crippen LogP contribution is -2.49. The lowest BCUT2D eigenvalue weighted by Gasteiger charge is -2.36. The van der Waals surface area contributed by atoms with E-state index in [2.05, 4.69) is 12.2 Å². The van der Waals surface area contributed by atoms with Crippen molar-refractivity contribution < 1.29 is 24.0 Å². The Morgan fingerprint density at radius 1 is 1.38 bits per heavy atom. The smallest absolute Gasteiger partial charge is 0.497 e. The molecule has 1 aliphatic heterocycles. The van der Waals surface area contributed by atoms with Gasteiger partial charge in [0.2, 0.25) is 0 Å². The summed E-state index contributed by atoms with van der Waals surface area (Å²) in [5.41, 5.74) is 0.145. The molecule has 29 heavy (non-hydrogen) atoms. The van der Waals surface area contributed by atoms with Gasteiger partial charge in [-0.05, 0) is 58.2 Å². The van der Waals surface area contributed by atoms with Crippen LogP contribution in [0.4, 0.5) is 10.5 Å². The highest BCUT2D eigenvalue weighted by Gasteiger charge is 2.29. The number of nitro benzene ring substituents is 1. The molecule has 1 aliphatic rings. The maximum absolute atomic E-state index is 11.8. The zero-order valence-electron chi connectivity index (χ0n) is 17.8. The Hall–Kier alpha value is -2.39. The van der Waals surface area contributed by atoms with Crippen molar-refractivity contribution in [2.45, 2.75) is 52.2 Å². The number of hydrogen-bond acceptors (Lipinski definition) is 8. The van der Waals surface area contributed by atoms with E-state index in [9.17, 15) is 14.9 Å². The molecule has 1 aromatic rings. The molecule has 1 fully saturated rings. The van der Waals surface area contributed by atoms with Crippen LogP contribution >= 0.6 is 0 Å². The van der Waals surface area contributed by atoms with Gasteiger partial charge in [-0.25, -0.2) is 4.79 Å². The number of nitro groups is 1. The first-order chi connectivity index (χ1) is 13.6. The van der Waals surface area contributed by atoms with Crippen LogP contribution in [-0.4, -0.2) is 54.5 Å². The molecule has 0 spiro atoms. The lowest BCUT2D eigenvalue weighted by atomic mass is 9.95. The monoisotopic (exact) mass is 409 g/mol. The third-order valence-corrected chi connectivity index (χ3v) is 4.75. The molecule has 1 saturated heterocycles. The van der Waals surface area contributed by atoms with E-state index in [0.717, 1.165) is 6.42 Å². The summed E-state index contributed by atoms with van der Waals surface area (Å²) in [7, 11) is 1.54. The van der Waals surface area contributed by atoms with Gasteiger partial charge < -0.3 is 19.6 Å². The van der Waals surface area contributed by atoms with Gasteiger partial charge in [0.05, 0.1) is 12.0 Å². The minimum Gasteiger partial charge on any atom is -0.497 e. The summed E-state index contributed by atoms with van der Waals surface area (Å²) in [5.74, 6) is 0.845. The highest BCUT2D eigenvalue weighted by Crippen LogP contribution is 2.25. The third-order valence-electron chi connectivity index (χ3n) is 4.75. The first kappa shape index (κ1) is 22.9. The number of carbonyl (C=O) groups excluding carboxylic acids is 1. The van der Waals surface area contributed by atoms with E-state index in [4.69, 9.17) is 14.3 Å². The van der Waals surface area contributed by atoms with Gasteiger partial charge in [-0.1, -0.05) is 6.92 Å². The van der Waals surface area contributed by atoms with Crippen molar-refractivity contribution in [2.24, 2.45) is 5.92 Å². The van der Waals surface area contributed by atoms with Gasteiger partial charge in [-0.2, -0.15) is 0 Å². The number of nitrogens with zero attached hydrogens (tertiary/aromatic N) is 2. The largest absolute Gasteiger partial charge is 0.528 e. The van der Waals surface area contributed by atoms with Gasteiger partial charge >= 0.3 is 6.16 Å². The van der Waals surface area contributed by atoms with E-state index in [0.29, 0.717) is 37.4 Å². The topological polar surface area (TPSA) is 103 Å². The molecule has 1 heterocycles. The van der Waals surface area contributed by atoms with Crippen molar-refractivity contribution in [3.8, 4) is 5.75 Å². The molecule has 2 atom stereocenters. The van der Waals surface area contributed by atoms with E-state index >= 15 is 0 Å². The number of nitrogens with one attached hydrogen (secondary N) is 1. The average Bonchev–Trinajstić information content (AvgIpc) is 2.61. The Morgan fingerprint density at radius 3 is 2.69 bits per heavy atom. The maximum Gasteiger partial charge on any atom is 0.528 e. The maximum atomic E-state index is 11.8. The van der Waals surface area contributed by atoms with Gasteiger partial charge in [0, 0.05) is 30.8 Å². The van der Waals surface area contributed by atoms with E-state index in [1.165, 1.54) is 13.2 Å². The van der Waals surface area contributed by atoms with E-state index in [-0.39, 0.29) is 22.6 Å². The Bertz CT molecular complexity index is 719. The second-order valence-corrected chi connectivity index (χ2v) is 8.27. The fraction of sp³-hybridized carbons (Fsp3) is 0.650. The van der Waals surface area contributed by atoms with Crippen molar-refractivity contribution in [1.29, 1.82) is 0 Å². The van der Waals surface area contributed by atoms with Gasteiger partial charge in [0.1, 0.15) is 11.4 Å². The number of ether oxygens (including phenoxy) is 2. The standard InChI is InChI=1S/C20H31N3O6/c1-14-13-22(29-19(24)28-20(2,3)4)11-9-17(14)21-10-8-15-12-16(27-5)6-7-18(15)23(25)26/h6-7,12,14,17,21H,8-11,13H2,1-5H3. The molecular formula is C20H31N3O6. The van der Waals surface area contributed by atoms with Crippen molar-refractivity contribution in [3.63, 3.8) is 0 Å². The Morgan fingerprint density at radius 2 is 2.10 bits per heavy atom. The summed E-state index contributed by atoms with van der Waals surface area (Å²) in [6.45, 7) is 9.25. The quantitative estimate of drug-likeness (QED) is 0.416. The van der Waals surface area contributed by atoms with E-state index in [1.807, 2.05) is 0 Å². The van der Waals surface area contributed by atoms with Gasteiger partial charge in [0.15, 0.2) is 0 Å². The molecule has 9 nitrogen and oxygen atoms in total. The summed E-state index contributed by atoms with van der Waals surface area (Å²) >= 11 is 0. The summed E-state index contributed by atoms with van der Waals surface area (Å²) in [5, 5.41) is 16.3. The number of piperidine rings is 1. The molecule has 1 aromatic carbocycles. The number of benzene rings is 1. The predicted octanol–water partition coefficient (Wildman–Crippen LogP) is 3.31. The average molecular weight is 409 g/mol. The Balaban J connectivity index is 1.83. The second-order valence-electron chi connectivity index (χ2n) is 8.27. The fourth-order valence-corrected chi connectivity index (χ4v) is 3.33. The minimum atomic E-state index is -0.693. The SMILES string of the molecule is COc1ccc([N+](=O)[O-])c(CCNC2CCN(OC(=O)OC(C)(C)C)CC2C)c1. The first-order valence-electron chi connectivity index (χ1n) is 9.79. The van der Waals surface area contributed by atoms with Crippen LogP contribution in [0.1, 0.15) is 39.7 Å². The van der Waals surface area contributed by atoms with Crippen LogP contribution in [0.5, 0.6) is 5.75 Å². The second kappa shape index (κ2) is 9.89. The van der Waals surface area contributed by atoms with Crippen molar-refractivity contribution >= 4 is 11.8 Å². The summed E-state index contributed by atoms with van der Waals surface area (Å²) in [6, 6.07) is 5.01. The van der Waals surface area contributed by atoms with Crippen LogP contribution in [0.15, 0.2) is 18.2 Å². The van der Waals surface area contributed by atoms with Crippen molar-refractivity contribution in [2.75, 3.05) is 26.7 Å².